The largest absolute Gasteiger partial charge is 0.408 e. The molecular formula is C23H46N2O2Si. The molecule has 5 heteroatoms. The van der Waals surface area contributed by atoms with Crippen molar-refractivity contribution in [2.75, 3.05) is 13.7 Å². The lowest BCUT2D eigenvalue weighted by Gasteiger charge is -2.43. The maximum absolute atomic E-state index is 6.78. The molecule has 0 spiro atoms. The first kappa shape index (κ1) is 25.4. The molecule has 1 aliphatic rings. The minimum Gasteiger partial charge on any atom is -0.408 e. The summed E-state index contributed by atoms with van der Waals surface area (Å²) in [6.07, 6.45) is 8.23. The lowest BCUT2D eigenvalue weighted by molar-refractivity contribution is -0.0732. The molecule has 0 aromatic rings. The van der Waals surface area contributed by atoms with Crippen LogP contribution in [0.25, 0.3) is 0 Å². The van der Waals surface area contributed by atoms with Crippen molar-refractivity contribution in [3.8, 4) is 0 Å². The minimum atomic E-state index is -1.93. The second-order valence-corrected chi connectivity index (χ2v) is 15.1. The van der Waals surface area contributed by atoms with Crippen LogP contribution in [0.5, 0.6) is 0 Å². The highest BCUT2D eigenvalue weighted by atomic mass is 28.4. The van der Waals surface area contributed by atoms with Crippen molar-refractivity contribution in [2.45, 2.75) is 110 Å². The molecule has 1 aliphatic heterocycles. The molecule has 0 amide bonds. The summed E-state index contributed by atoms with van der Waals surface area (Å²) < 4.78 is 12.8. The van der Waals surface area contributed by atoms with Gasteiger partial charge in [-0.25, -0.2) is 0 Å². The predicted molar refractivity (Wildman–Crippen MR) is 125 cm³/mol. The summed E-state index contributed by atoms with van der Waals surface area (Å²) in [6.45, 7) is 25.3. The zero-order valence-corrected chi connectivity index (χ0v) is 21.3. The van der Waals surface area contributed by atoms with Crippen LogP contribution in [0.15, 0.2) is 17.8 Å². The van der Waals surface area contributed by atoms with Gasteiger partial charge in [0.15, 0.2) is 8.32 Å². The molecule has 0 aliphatic carbocycles. The van der Waals surface area contributed by atoms with Gasteiger partial charge in [-0.05, 0) is 43.8 Å². The van der Waals surface area contributed by atoms with Gasteiger partial charge in [-0.1, -0.05) is 54.5 Å². The third-order valence-electron chi connectivity index (χ3n) is 7.27. The van der Waals surface area contributed by atoms with Gasteiger partial charge >= 0.3 is 0 Å². The lowest BCUT2D eigenvalue weighted by Crippen LogP contribution is -2.50. The number of nitrogens with zero attached hydrogens (tertiary/aromatic N) is 2. The van der Waals surface area contributed by atoms with Crippen LogP contribution in [0.1, 0.15) is 74.1 Å². The van der Waals surface area contributed by atoms with Gasteiger partial charge in [0, 0.05) is 19.1 Å². The van der Waals surface area contributed by atoms with Crippen LogP contribution in [0, 0.1) is 5.41 Å². The molecule has 1 heterocycles. The van der Waals surface area contributed by atoms with Gasteiger partial charge in [-0.15, -0.1) is 6.58 Å². The topological polar surface area (TPSA) is 34.1 Å². The quantitative estimate of drug-likeness (QED) is 0.243. The van der Waals surface area contributed by atoms with Crippen LogP contribution < -0.4 is 0 Å². The highest BCUT2D eigenvalue weighted by Crippen LogP contribution is 2.40. The van der Waals surface area contributed by atoms with E-state index >= 15 is 0 Å². The summed E-state index contributed by atoms with van der Waals surface area (Å²) in [5.41, 5.74) is -0.306. The summed E-state index contributed by atoms with van der Waals surface area (Å²) >= 11 is 0. The van der Waals surface area contributed by atoms with E-state index in [-0.39, 0.29) is 22.2 Å². The molecule has 0 N–H and O–H groups in total. The van der Waals surface area contributed by atoms with Gasteiger partial charge in [0.1, 0.15) is 0 Å². The maximum atomic E-state index is 6.78. The molecule has 2 atom stereocenters. The second kappa shape index (κ2) is 9.44. The molecule has 1 saturated heterocycles. The summed E-state index contributed by atoms with van der Waals surface area (Å²) in [4.78, 5) is 0. The zero-order chi connectivity index (χ0) is 21.8. The number of methoxy groups -OCH3 is 1. The molecule has 0 saturated carbocycles. The van der Waals surface area contributed by atoms with Gasteiger partial charge in [-0.3, -0.25) is 5.01 Å². The Balaban J connectivity index is 3.14. The van der Waals surface area contributed by atoms with E-state index in [0.717, 1.165) is 32.2 Å². The Hall–Kier alpha value is -0.653. The highest BCUT2D eigenvalue weighted by molar-refractivity contribution is 6.74. The monoisotopic (exact) mass is 410 g/mol. The first-order valence-corrected chi connectivity index (χ1v) is 13.9. The fourth-order valence-electron chi connectivity index (χ4n) is 3.70. The van der Waals surface area contributed by atoms with Gasteiger partial charge in [0.2, 0.25) is 0 Å². The van der Waals surface area contributed by atoms with Gasteiger partial charge < -0.3 is 9.16 Å². The van der Waals surface area contributed by atoms with Gasteiger partial charge in [0.25, 0.3) is 0 Å². The van der Waals surface area contributed by atoms with Gasteiger partial charge in [0.05, 0.1) is 24.0 Å². The first-order valence-electron chi connectivity index (χ1n) is 11.0. The predicted octanol–water partition coefficient (Wildman–Crippen LogP) is 6.24. The van der Waals surface area contributed by atoms with E-state index in [1.54, 1.807) is 0 Å². The molecule has 1 rings (SSSR count). The SMILES string of the molecule is C=CC(C)(C)[C@H](/C=N/N1CCC[C@H]1C(CC)(CC)OC)O[Si](C)(C)C(C)(C)C. The number of hydrazone groups is 1. The molecule has 28 heavy (non-hydrogen) atoms. The third-order valence-corrected chi connectivity index (χ3v) is 11.7. The Bertz CT molecular complexity index is 525. The van der Waals surface area contributed by atoms with E-state index in [2.05, 4.69) is 73.1 Å². The molecule has 164 valence electrons. The fourth-order valence-corrected chi connectivity index (χ4v) is 5.05. The molecule has 0 aromatic carbocycles. The summed E-state index contributed by atoms with van der Waals surface area (Å²) in [5, 5.41) is 7.38. The van der Waals surface area contributed by atoms with Crippen molar-refractivity contribution in [3.63, 3.8) is 0 Å². The van der Waals surface area contributed by atoms with Crippen molar-refractivity contribution in [3.05, 3.63) is 12.7 Å². The minimum absolute atomic E-state index is 0.0904. The molecule has 0 aromatic heterocycles. The van der Waals surface area contributed by atoms with E-state index in [9.17, 15) is 0 Å². The molecule has 1 fully saturated rings. The molecule has 0 unspecified atom stereocenters. The van der Waals surface area contributed by atoms with E-state index in [0.29, 0.717) is 6.04 Å². The average Bonchev–Trinajstić information content (AvgIpc) is 3.08. The second-order valence-electron chi connectivity index (χ2n) is 10.4. The maximum Gasteiger partial charge on any atom is 0.193 e. The van der Waals surface area contributed by atoms with E-state index in [4.69, 9.17) is 14.3 Å². The summed E-state index contributed by atoms with van der Waals surface area (Å²) in [7, 11) is -0.0827. The van der Waals surface area contributed by atoms with Crippen molar-refractivity contribution < 1.29 is 9.16 Å². The van der Waals surface area contributed by atoms with Crippen molar-refractivity contribution in [2.24, 2.45) is 10.5 Å². The first-order chi connectivity index (χ1) is 12.8. The van der Waals surface area contributed by atoms with Gasteiger partial charge in [-0.2, -0.15) is 5.10 Å². The standard InChI is InChI=1S/C23H46N2O2Si/c1-12-22(7,8)20(27-28(10,11)21(4,5)6)18-24-25-17-15-16-19(25)23(13-2,14-3)26-9/h12,18-20H,1,13-17H2,2-11H3/b24-18+/t19-,20-/m0/s1. The molecule has 0 bridgehead atoms. The number of rotatable bonds is 10. The molecular weight excluding hydrogens is 364 g/mol. The average molecular weight is 411 g/mol. The van der Waals surface area contributed by atoms with E-state index in [1.807, 2.05) is 19.4 Å². The lowest BCUT2D eigenvalue weighted by atomic mass is 9.87. The highest BCUT2D eigenvalue weighted by Gasteiger charge is 2.44. The number of hydrogen-bond acceptors (Lipinski definition) is 4. The Kier molecular flexibility index (Phi) is 8.56. The van der Waals surface area contributed by atoms with Crippen molar-refractivity contribution >= 4 is 14.5 Å². The Labute approximate surface area is 175 Å². The summed E-state index contributed by atoms with van der Waals surface area (Å²) in [6, 6.07) is 0.323. The summed E-state index contributed by atoms with van der Waals surface area (Å²) in [5.74, 6) is 0. The van der Waals surface area contributed by atoms with Crippen molar-refractivity contribution in [1.29, 1.82) is 0 Å². The Morgan fingerprint density at radius 3 is 2.18 bits per heavy atom. The smallest absolute Gasteiger partial charge is 0.193 e. The van der Waals surface area contributed by atoms with Crippen LogP contribution in [-0.2, 0) is 9.16 Å². The zero-order valence-electron chi connectivity index (χ0n) is 20.3. The normalized spacial score (nSPS) is 20.8. The van der Waals surface area contributed by atoms with Crippen LogP contribution in [0.3, 0.4) is 0 Å². The van der Waals surface area contributed by atoms with Crippen LogP contribution in [-0.4, -0.2) is 50.9 Å². The number of ether oxygens (including phenoxy) is 1. The fraction of sp³-hybridized carbons (Fsp3) is 0.870. The van der Waals surface area contributed by atoms with E-state index in [1.165, 1.54) is 0 Å². The third kappa shape index (κ3) is 5.48. The molecule has 0 radical (unpaired) electrons. The van der Waals surface area contributed by atoms with Crippen LogP contribution in [0.2, 0.25) is 18.1 Å². The number of hydrogen-bond donors (Lipinski definition) is 0. The van der Waals surface area contributed by atoms with Crippen LogP contribution in [0.4, 0.5) is 0 Å². The molecule has 4 nitrogen and oxygen atoms in total. The Morgan fingerprint density at radius 1 is 1.18 bits per heavy atom. The Morgan fingerprint density at radius 2 is 1.75 bits per heavy atom. The van der Waals surface area contributed by atoms with Crippen LogP contribution >= 0.6 is 0 Å². The van der Waals surface area contributed by atoms with E-state index < -0.39 is 8.32 Å². The van der Waals surface area contributed by atoms with Crippen molar-refractivity contribution in [1.82, 2.24) is 5.01 Å².